The molecule has 2 heterocycles. The van der Waals surface area contributed by atoms with E-state index in [1.807, 2.05) is 62.5 Å². The molecular weight excluding hydrogens is 372 g/mol. The minimum Gasteiger partial charge on any atom is -0.482 e. The van der Waals surface area contributed by atoms with Crippen LogP contribution < -0.4 is 9.64 Å². The van der Waals surface area contributed by atoms with Crippen molar-refractivity contribution < 1.29 is 14.3 Å². The van der Waals surface area contributed by atoms with Crippen LogP contribution in [0, 0.1) is 20.8 Å². The lowest BCUT2D eigenvalue weighted by atomic mass is 10.0. The number of carbonyl (C=O) groups excluding carboxylic acids is 2. The van der Waals surface area contributed by atoms with Crippen molar-refractivity contribution in [1.29, 1.82) is 0 Å². The Morgan fingerprint density at radius 3 is 2.68 bits per heavy atom. The van der Waals surface area contributed by atoms with Gasteiger partial charge in [-0.2, -0.15) is 0 Å². The van der Waals surface area contributed by atoms with Gasteiger partial charge in [-0.25, -0.2) is 4.98 Å². The maximum absolute atomic E-state index is 12.8. The van der Waals surface area contributed by atoms with Gasteiger partial charge >= 0.3 is 0 Å². The van der Waals surface area contributed by atoms with Gasteiger partial charge in [0.2, 0.25) is 0 Å². The zero-order valence-corrected chi connectivity index (χ0v) is 16.8. The first-order valence-corrected chi connectivity index (χ1v) is 9.90. The minimum atomic E-state index is -0.226. The van der Waals surface area contributed by atoms with Gasteiger partial charge in [0, 0.05) is 16.5 Å². The molecule has 0 unspecified atom stereocenters. The molecule has 0 saturated heterocycles. The van der Waals surface area contributed by atoms with E-state index in [4.69, 9.17) is 4.74 Å². The topological polar surface area (TPSA) is 59.5 Å². The number of Topliss-reactive ketones (excluding diaryl/α,β-unsaturated/α-hetero) is 1. The van der Waals surface area contributed by atoms with E-state index in [1.54, 1.807) is 11.3 Å². The van der Waals surface area contributed by atoms with Gasteiger partial charge in [0.05, 0.1) is 22.9 Å². The van der Waals surface area contributed by atoms with Crippen LogP contribution in [0.4, 0.5) is 5.69 Å². The summed E-state index contributed by atoms with van der Waals surface area (Å²) in [6.45, 7) is 5.85. The average Bonchev–Trinajstić information content (AvgIpc) is 3.12. The summed E-state index contributed by atoms with van der Waals surface area (Å²) in [6.07, 6.45) is 0. The number of ketones is 1. The van der Waals surface area contributed by atoms with Crippen molar-refractivity contribution in [1.82, 2.24) is 4.98 Å². The van der Waals surface area contributed by atoms with Gasteiger partial charge in [-0.15, -0.1) is 11.3 Å². The normalized spacial score (nSPS) is 13.2. The largest absolute Gasteiger partial charge is 0.482 e. The number of hydrogen-bond acceptors (Lipinski definition) is 5. The van der Waals surface area contributed by atoms with Crippen molar-refractivity contribution >= 4 is 28.7 Å². The molecule has 0 aliphatic carbocycles. The minimum absolute atomic E-state index is 0.0166. The van der Waals surface area contributed by atoms with Gasteiger partial charge in [0.15, 0.2) is 12.4 Å². The molecule has 5 nitrogen and oxygen atoms in total. The molecule has 0 spiro atoms. The molecule has 0 saturated carbocycles. The number of aromatic nitrogens is 1. The predicted octanol–water partition coefficient (Wildman–Crippen LogP) is 4.34. The molecular formula is C22H20N2O3S. The second kappa shape index (κ2) is 7.20. The van der Waals surface area contributed by atoms with Crippen LogP contribution in [0.5, 0.6) is 5.75 Å². The van der Waals surface area contributed by atoms with E-state index in [-0.39, 0.29) is 24.8 Å². The third-order valence-electron chi connectivity index (χ3n) is 4.95. The zero-order valence-electron chi connectivity index (χ0n) is 16.0. The Bertz CT molecular complexity index is 1090. The van der Waals surface area contributed by atoms with Crippen LogP contribution in [-0.2, 0) is 4.79 Å². The number of anilines is 1. The second-order valence-corrected chi connectivity index (χ2v) is 7.99. The second-order valence-electron chi connectivity index (χ2n) is 6.93. The molecule has 142 valence electrons. The zero-order chi connectivity index (χ0) is 19.8. The van der Waals surface area contributed by atoms with Gasteiger partial charge in [-0.1, -0.05) is 12.1 Å². The maximum Gasteiger partial charge on any atom is 0.265 e. The highest BCUT2D eigenvalue weighted by molar-refractivity contribution is 7.09. The summed E-state index contributed by atoms with van der Waals surface area (Å²) in [5.74, 6) is 0.277. The molecule has 28 heavy (non-hydrogen) atoms. The van der Waals surface area contributed by atoms with Crippen molar-refractivity contribution in [3.63, 3.8) is 0 Å². The average molecular weight is 392 g/mol. The summed E-state index contributed by atoms with van der Waals surface area (Å²) < 4.78 is 5.56. The summed E-state index contributed by atoms with van der Waals surface area (Å²) in [7, 11) is 0. The first-order chi connectivity index (χ1) is 13.4. The molecule has 2 aromatic carbocycles. The number of hydrogen-bond donors (Lipinski definition) is 0. The molecule has 1 aliphatic rings. The van der Waals surface area contributed by atoms with Crippen LogP contribution in [0.3, 0.4) is 0 Å². The van der Waals surface area contributed by atoms with Crippen molar-refractivity contribution in [2.45, 2.75) is 20.8 Å². The van der Waals surface area contributed by atoms with Crippen LogP contribution in [0.1, 0.15) is 26.5 Å². The van der Waals surface area contributed by atoms with Crippen LogP contribution in [-0.4, -0.2) is 29.8 Å². The summed E-state index contributed by atoms with van der Waals surface area (Å²) >= 11 is 1.57. The monoisotopic (exact) mass is 392 g/mol. The molecule has 0 bridgehead atoms. The summed E-state index contributed by atoms with van der Waals surface area (Å²) in [6, 6.07) is 11.2. The summed E-state index contributed by atoms with van der Waals surface area (Å²) in [5.41, 5.74) is 5.15. The first-order valence-electron chi connectivity index (χ1n) is 9.02. The van der Waals surface area contributed by atoms with Crippen LogP contribution in [0.25, 0.3) is 11.3 Å². The third-order valence-corrected chi connectivity index (χ3v) is 5.72. The van der Waals surface area contributed by atoms with Crippen LogP contribution in [0.15, 0.2) is 41.8 Å². The number of fused-ring (bicyclic) bond motifs is 1. The fraction of sp³-hybridized carbons (Fsp3) is 0.227. The Kier molecular flexibility index (Phi) is 4.73. The van der Waals surface area contributed by atoms with E-state index in [9.17, 15) is 9.59 Å². The lowest BCUT2D eigenvalue weighted by Gasteiger charge is -2.29. The molecule has 3 aromatic rings. The number of ether oxygens (including phenoxy) is 1. The smallest absolute Gasteiger partial charge is 0.265 e. The lowest BCUT2D eigenvalue weighted by molar-refractivity contribution is -0.121. The molecule has 4 rings (SSSR count). The summed E-state index contributed by atoms with van der Waals surface area (Å²) in [4.78, 5) is 31.4. The number of aryl methyl sites for hydroxylation is 3. The van der Waals surface area contributed by atoms with Gasteiger partial charge in [0.25, 0.3) is 5.91 Å². The Hall–Kier alpha value is -2.99. The molecule has 0 radical (unpaired) electrons. The van der Waals surface area contributed by atoms with Crippen LogP contribution in [0.2, 0.25) is 0 Å². The number of benzene rings is 2. The van der Waals surface area contributed by atoms with Gasteiger partial charge in [0.1, 0.15) is 5.75 Å². The highest BCUT2D eigenvalue weighted by atomic mass is 32.1. The summed E-state index contributed by atoms with van der Waals surface area (Å²) in [5, 5.41) is 2.95. The van der Waals surface area contributed by atoms with E-state index in [2.05, 4.69) is 4.98 Å². The van der Waals surface area contributed by atoms with Crippen molar-refractivity contribution in [3.8, 4) is 17.0 Å². The maximum atomic E-state index is 12.8. The van der Waals surface area contributed by atoms with Crippen molar-refractivity contribution in [2.24, 2.45) is 0 Å². The molecule has 0 N–H and O–H groups in total. The molecule has 0 fully saturated rings. The standard InChI is InChI=1S/C22H20N2O3S/c1-13-4-5-17(8-14(13)2)20(25)10-24-19-9-16(18-12-28-15(3)23-18)6-7-21(19)27-11-22(24)26/h4-9,12H,10-11H2,1-3H3. The number of amides is 1. The fourth-order valence-corrected chi connectivity index (χ4v) is 3.80. The van der Waals surface area contributed by atoms with E-state index in [0.29, 0.717) is 17.0 Å². The lowest BCUT2D eigenvalue weighted by Crippen LogP contribution is -2.42. The molecule has 0 atom stereocenters. The Labute approximate surface area is 167 Å². The quantitative estimate of drug-likeness (QED) is 0.620. The SMILES string of the molecule is Cc1nc(-c2ccc3c(c2)N(CC(=O)c2ccc(C)c(C)c2)C(=O)CO3)cs1. The van der Waals surface area contributed by atoms with E-state index < -0.39 is 0 Å². The third kappa shape index (κ3) is 3.43. The van der Waals surface area contributed by atoms with Crippen molar-refractivity contribution in [2.75, 3.05) is 18.1 Å². The highest BCUT2D eigenvalue weighted by Gasteiger charge is 2.28. The first kappa shape index (κ1) is 18.4. The molecule has 1 amide bonds. The number of carbonyl (C=O) groups is 2. The Morgan fingerprint density at radius 1 is 1.14 bits per heavy atom. The highest BCUT2D eigenvalue weighted by Crippen LogP contribution is 2.36. The molecule has 1 aliphatic heterocycles. The number of nitrogens with zero attached hydrogens (tertiary/aromatic N) is 2. The van der Waals surface area contributed by atoms with E-state index in [0.717, 1.165) is 27.4 Å². The Balaban J connectivity index is 1.67. The number of thiazole rings is 1. The van der Waals surface area contributed by atoms with Crippen molar-refractivity contribution in [3.05, 3.63) is 63.5 Å². The predicted molar refractivity (Wildman–Crippen MR) is 110 cm³/mol. The Morgan fingerprint density at radius 2 is 1.96 bits per heavy atom. The van der Waals surface area contributed by atoms with E-state index in [1.165, 1.54) is 4.90 Å². The number of rotatable bonds is 4. The molecule has 6 heteroatoms. The van der Waals surface area contributed by atoms with Gasteiger partial charge in [-0.3, -0.25) is 14.5 Å². The van der Waals surface area contributed by atoms with Gasteiger partial charge in [-0.05, 0) is 56.2 Å². The van der Waals surface area contributed by atoms with Crippen LogP contribution >= 0.6 is 11.3 Å². The fourth-order valence-electron chi connectivity index (χ4n) is 3.18. The van der Waals surface area contributed by atoms with Gasteiger partial charge < -0.3 is 4.74 Å². The molecule has 1 aromatic heterocycles. The van der Waals surface area contributed by atoms with E-state index >= 15 is 0 Å².